The first-order valence-corrected chi connectivity index (χ1v) is 9.72. The van der Waals surface area contributed by atoms with Crippen LogP contribution >= 0.6 is 11.6 Å². The van der Waals surface area contributed by atoms with E-state index < -0.39 is 29.2 Å². The number of hydrogen-bond donors (Lipinski definition) is 2. The molecule has 0 bridgehead atoms. The lowest BCUT2D eigenvalue weighted by molar-refractivity contribution is -0.138. The summed E-state index contributed by atoms with van der Waals surface area (Å²) in [5.41, 5.74) is 1.83. The van der Waals surface area contributed by atoms with Crippen LogP contribution in [0.25, 0.3) is 11.3 Å². The molecule has 0 atom stereocenters. The van der Waals surface area contributed by atoms with E-state index in [4.69, 9.17) is 16.3 Å². The third-order valence-corrected chi connectivity index (χ3v) is 5.58. The summed E-state index contributed by atoms with van der Waals surface area (Å²) in [4.78, 5) is 22.7. The molecule has 1 aliphatic carbocycles. The summed E-state index contributed by atoms with van der Waals surface area (Å²) in [7, 11) is 0. The third-order valence-electron chi connectivity index (χ3n) is 5.37. The smallest absolute Gasteiger partial charge is 0.421 e. The average molecular weight is 453 g/mol. The number of ether oxygens (including phenoxy) is 1. The van der Waals surface area contributed by atoms with E-state index in [9.17, 15) is 18.0 Å². The van der Waals surface area contributed by atoms with E-state index in [1.54, 1.807) is 0 Å². The van der Waals surface area contributed by atoms with Gasteiger partial charge in [0.05, 0.1) is 11.3 Å². The largest absolute Gasteiger partial charge is 0.436 e. The van der Waals surface area contributed by atoms with Crippen LogP contribution in [0, 0.1) is 5.82 Å². The highest BCUT2D eigenvalue weighted by Gasteiger charge is 2.37. The molecule has 4 heterocycles. The molecule has 0 fully saturated rings. The lowest BCUT2D eigenvalue weighted by Crippen LogP contribution is -2.32. The zero-order valence-corrected chi connectivity index (χ0v) is 16.4. The zero-order chi connectivity index (χ0) is 21.9. The van der Waals surface area contributed by atoms with Crippen LogP contribution in [0.1, 0.15) is 32.7 Å². The number of nitrogens with one attached hydrogen (secondary N) is 2. The van der Waals surface area contributed by atoms with E-state index in [1.807, 2.05) is 0 Å². The van der Waals surface area contributed by atoms with Gasteiger partial charge in [-0.15, -0.1) is 0 Å². The number of aryl methyl sites for hydroxylation is 1. The number of carbonyl (C=O) groups is 1. The van der Waals surface area contributed by atoms with E-state index >= 15 is 4.39 Å². The molecule has 5 rings (SSSR count). The maximum atomic E-state index is 15.5. The number of amides is 1. The maximum Gasteiger partial charge on any atom is 0.421 e. The monoisotopic (exact) mass is 452 g/mol. The topological polar surface area (TPSA) is 79.9 Å². The van der Waals surface area contributed by atoms with E-state index in [-0.39, 0.29) is 16.6 Å². The molecule has 31 heavy (non-hydrogen) atoms. The number of nitrogens with zero attached hydrogens (tertiary/aromatic N) is 2. The van der Waals surface area contributed by atoms with Crippen LogP contribution in [0.3, 0.4) is 0 Å². The van der Waals surface area contributed by atoms with Crippen LogP contribution in [-0.2, 0) is 25.4 Å². The Morgan fingerprint density at radius 3 is 2.68 bits per heavy atom. The van der Waals surface area contributed by atoms with Gasteiger partial charge in [-0.3, -0.25) is 4.79 Å². The fourth-order valence-electron chi connectivity index (χ4n) is 4.02. The van der Waals surface area contributed by atoms with Crippen LogP contribution in [0.4, 0.5) is 17.6 Å². The predicted molar refractivity (Wildman–Crippen MR) is 102 cm³/mol. The number of aromatic nitrogens is 3. The molecular formula is C20H13ClF4N4O2. The standard InChI is InChI=1S/C20H13ClF4N4O2/c21-13-5-12(10(7-27-13)20(23,24)25)31-19-16(22)14-8(6-28-19)1-2-9-15-11(29-17(9)14)3-4-26-18(15)30/h5-7,29H,1-4H2,(H,26,30). The van der Waals surface area contributed by atoms with Crippen LogP contribution in [0.5, 0.6) is 11.6 Å². The summed E-state index contributed by atoms with van der Waals surface area (Å²) >= 11 is 5.71. The summed E-state index contributed by atoms with van der Waals surface area (Å²) in [5, 5.41) is 2.52. The van der Waals surface area contributed by atoms with Gasteiger partial charge in [0.2, 0.25) is 0 Å². The second-order valence-corrected chi connectivity index (χ2v) is 7.61. The molecule has 11 heteroatoms. The highest BCUT2D eigenvalue weighted by molar-refractivity contribution is 6.29. The molecule has 3 aromatic rings. The summed E-state index contributed by atoms with van der Waals surface area (Å²) in [6.07, 6.45) is -1.38. The molecule has 1 aliphatic heterocycles. The van der Waals surface area contributed by atoms with E-state index in [2.05, 4.69) is 20.3 Å². The lowest BCUT2D eigenvalue weighted by atomic mass is 9.88. The number of pyridine rings is 2. The van der Waals surface area contributed by atoms with Crippen LogP contribution in [-0.4, -0.2) is 27.4 Å². The molecular weight excluding hydrogens is 440 g/mol. The molecule has 0 saturated carbocycles. The van der Waals surface area contributed by atoms with Crippen molar-refractivity contribution in [2.75, 3.05) is 6.54 Å². The van der Waals surface area contributed by atoms with Crippen molar-refractivity contribution < 1.29 is 27.1 Å². The Morgan fingerprint density at radius 2 is 1.90 bits per heavy atom. The van der Waals surface area contributed by atoms with Gasteiger partial charge < -0.3 is 15.0 Å². The number of halogens is 5. The molecule has 0 radical (unpaired) electrons. The molecule has 0 aromatic carbocycles. The number of rotatable bonds is 2. The van der Waals surface area contributed by atoms with Gasteiger partial charge in [-0.2, -0.15) is 13.2 Å². The first-order chi connectivity index (χ1) is 14.7. The summed E-state index contributed by atoms with van der Waals surface area (Å²) in [6.45, 7) is 0.467. The zero-order valence-electron chi connectivity index (χ0n) is 15.7. The number of fused-ring (bicyclic) bond motifs is 5. The van der Waals surface area contributed by atoms with E-state index in [0.717, 1.165) is 6.07 Å². The van der Waals surface area contributed by atoms with Crippen LogP contribution < -0.4 is 10.1 Å². The lowest BCUT2D eigenvalue weighted by Gasteiger charge is -2.20. The highest BCUT2D eigenvalue weighted by Crippen LogP contribution is 2.43. The Morgan fingerprint density at radius 1 is 1.10 bits per heavy atom. The molecule has 3 aromatic heterocycles. The maximum absolute atomic E-state index is 15.5. The Bertz CT molecular complexity index is 1240. The fraction of sp³-hybridized carbons (Fsp3) is 0.250. The number of hydrogen-bond acceptors (Lipinski definition) is 4. The van der Waals surface area contributed by atoms with Crippen LogP contribution in [0.15, 0.2) is 18.5 Å². The SMILES string of the molecule is O=C1NCCc2[nH]c3c(c21)CCc1cnc(Oc2cc(Cl)ncc2C(F)(F)F)c(F)c1-3. The minimum atomic E-state index is -4.78. The van der Waals surface area contributed by atoms with E-state index in [1.165, 1.54) is 6.20 Å². The minimum absolute atomic E-state index is 0.141. The van der Waals surface area contributed by atoms with Crippen molar-refractivity contribution >= 4 is 17.5 Å². The molecule has 1 amide bonds. The Kier molecular flexibility index (Phi) is 4.44. The number of aromatic amines is 1. The highest BCUT2D eigenvalue weighted by atomic mass is 35.5. The van der Waals surface area contributed by atoms with Gasteiger partial charge in [-0.05, 0) is 24.0 Å². The quantitative estimate of drug-likeness (QED) is 0.444. The van der Waals surface area contributed by atoms with Crippen LogP contribution in [0.2, 0.25) is 5.15 Å². The Labute approximate surface area is 177 Å². The summed E-state index contributed by atoms with van der Waals surface area (Å²) < 4.78 is 60.6. The average Bonchev–Trinajstić information content (AvgIpc) is 3.09. The van der Waals surface area contributed by atoms with Gasteiger partial charge in [-0.25, -0.2) is 14.4 Å². The second kappa shape index (κ2) is 6.94. The molecule has 6 nitrogen and oxygen atoms in total. The summed E-state index contributed by atoms with van der Waals surface area (Å²) in [6, 6.07) is 0.855. The van der Waals surface area contributed by atoms with Gasteiger partial charge in [-0.1, -0.05) is 11.6 Å². The molecule has 2 N–H and O–H groups in total. The first kappa shape index (κ1) is 19.8. The third kappa shape index (κ3) is 3.21. The second-order valence-electron chi connectivity index (χ2n) is 7.22. The number of H-pyrrole nitrogens is 1. The van der Waals surface area contributed by atoms with Gasteiger partial charge in [0.25, 0.3) is 11.8 Å². The van der Waals surface area contributed by atoms with Gasteiger partial charge in [0.15, 0.2) is 5.82 Å². The molecule has 160 valence electrons. The minimum Gasteiger partial charge on any atom is -0.436 e. The normalized spacial score (nSPS) is 15.1. The van der Waals surface area contributed by atoms with Crippen molar-refractivity contribution in [1.82, 2.24) is 20.3 Å². The van der Waals surface area contributed by atoms with Gasteiger partial charge in [0, 0.05) is 42.7 Å². The number of alkyl halides is 3. The molecule has 0 spiro atoms. The molecule has 0 saturated heterocycles. The molecule has 0 unspecified atom stereocenters. The van der Waals surface area contributed by atoms with Gasteiger partial charge >= 0.3 is 6.18 Å². The predicted octanol–water partition coefficient (Wildman–Crippen LogP) is 4.46. The summed E-state index contributed by atoms with van der Waals surface area (Å²) in [5.74, 6) is -2.48. The Hall–Kier alpha value is -3.14. The fourth-order valence-corrected chi connectivity index (χ4v) is 4.17. The number of carbonyl (C=O) groups excluding carboxylic acids is 1. The first-order valence-electron chi connectivity index (χ1n) is 9.34. The van der Waals surface area contributed by atoms with Crippen molar-refractivity contribution in [2.45, 2.75) is 25.4 Å². The van der Waals surface area contributed by atoms with Crippen molar-refractivity contribution in [3.8, 4) is 22.9 Å². The Balaban J connectivity index is 1.62. The van der Waals surface area contributed by atoms with Crippen molar-refractivity contribution in [2.24, 2.45) is 0 Å². The molecule has 2 aliphatic rings. The van der Waals surface area contributed by atoms with Gasteiger partial charge in [0.1, 0.15) is 16.5 Å². The van der Waals surface area contributed by atoms with Crippen molar-refractivity contribution in [3.63, 3.8) is 0 Å². The van der Waals surface area contributed by atoms with Crippen molar-refractivity contribution in [3.05, 3.63) is 57.4 Å². The van der Waals surface area contributed by atoms with Crippen molar-refractivity contribution in [1.29, 1.82) is 0 Å². The van der Waals surface area contributed by atoms with E-state index in [0.29, 0.717) is 60.1 Å².